The number of rotatable bonds is 12. The summed E-state index contributed by atoms with van der Waals surface area (Å²) in [6.07, 6.45) is 1.76. The molecule has 4 rings (SSSR count). The molecule has 0 aliphatic heterocycles. The number of hydrogen-bond acceptors (Lipinski definition) is 8. The van der Waals surface area contributed by atoms with Gasteiger partial charge in [0.2, 0.25) is 5.91 Å². The van der Waals surface area contributed by atoms with Gasteiger partial charge in [-0.25, -0.2) is 4.79 Å². The number of Topliss-reactive ketones (excluding diaryl/α,β-unsaturated/α-hetero) is 1. The second-order valence-electron chi connectivity index (χ2n) is 9.47. The van der Waals surface area contributed by atoms with Crippen molar-refractivity contribution in [1.82, 2.24) is 15.2 Å². The highest BCUT2D eigenvalue weighted by Crippen LogP contribution is 2.25. The maximum Gasteiger partial charge on any atom is 0.336 e. The lowest BCUT2D eigenvalue weighted by Crippen LogP contribution is -2.41. The summed E-state index contributed by atoms with van der Waals surface area (Å²) in [6, 6.07) is 14.3. The number of anilines is 2. The van der Waals surface area contributed by atoms with Gasteiger partial charge in [0, 0.05) is 79.1 Å². The van der Waals surface area contributed by atoms with Gasteiger partial charge in [-0.1, -0.05) is 18.5 Å². The van der Waals surface area contributed by atoms with Crippen LogP contribution in [0.3, 0.4) is 0 Å². The zero-order valence-corrected chi connectivity index (χ0v) is 23.0. The van der Waals surface area contributed by atoms with Crippen molar-refractivity contribution in [2.24, 2.45) is 0 Å². The molecule has 0 aliphatic carbocycles. The Labute approximate surface area is 231 Å². The number of aromatic nitrogens is 1. The fraction of sp³-hybridized carbons (Fsp3) is 0.310. The minimum absolute atomic E-state index is 0.0240. The summed E-state index contributed by atoms with van der Waals surface area (Å²) in [5, 5.41) is 8.43. The normalized spacial score (nSPS) is 11.2. The molecular formula is C29H32ClN5O4. The number of amides is 1. The van der Waals surface area contributed by atoms with Crippen molar-refractivity contribution in [3.63, 3.8) is 0 Å². The number of nitrogens with one attached hydrogen (secondary N) is 2. The van der Waals surface area contributed by atoms with E-state index in [1.165, 1.54) is 6.07 Å². The smallest absolute Gasteiger partial charge is 0.336 e. The van der Waals surface area contributed by atoms with E-state index in [4.69, 9.17) is 16.0 Å². The van der Waals surface area contributed by atoms with Gasteiger partial charge in [-0.2, -0.15) is 0 Å². The lowest BCUT2D eigenvalue weighted by atomic mass is 10.0. The monoisotopic (exact) mass is 549 g/mol. The largest absolute Gasteiger partial charge is 0.423 e. The lowest BCUT2D eigenvalue weighted by molar-refractivity contribution is -0.125. The fourth-order valence-electron chi connectivity index (χ4n) is 4.35. The van der Waals surface area contributed by atoms with Gasteiger partial charge in [0.05, 0.1) is 18.6 Å². The number of fused-ring (bicyclic) bond motifs is 2. The first-order valence-electron chi connectivity index (χ1n) is 12.8. The van der Waals surface area contributed by atoms with Crippen LogP contribution in [-0.2, 0) is 16.0 Å². The highest BCUT2D eigenvalue weighted by atomic mass is 35.5. The Morgan fingerprint density at radius 2 is 1.85 bits per heavy atom. The predicted octanol–water partition coefficient (Wildman–Crippen LogP) is 3.72. The number of ketones is 1. The van der Waals surface area contributed by atoms with Crippen LogP contribution < -0.4 is 21.2 Å². The first-order valence-corrected chi connectivity index (χ1v) is 13.1. The first kappa shape index (κ1) is 28.1. The van der Waals surface area contributed by atoms with Crippen LogP contribution in [0, 0.1) is 0 Å². The maximum absolute atomic E-state index is 12.7. The van der Waals surface area contributed by atoms with E-state index in [1.807, 2.05) is 67.2 Å². The third-order valence-corrected chi connectivity index (χ3v) is 6.70. The molecule has 0 saturated heterocycles. The lowest BCUT2D eigenvalue weighted by Gasteiger charge is -2.20. The van der Waals surface area contributed by atoms with E-state index in [0.29, 0.717) is 41.2 Å². The highest BCUT2D eigenvalue weighted by molar-refractivity contribution is 6.31. The molecule has 0 unspecified atom stereocenters. The molecule has 10 heteroatoms. The van der Waals surface area contributed by atoms with Crippen LogP contribution in [0.25, 0.3) is 21.9 Å². The van der Waals surface area contributed by atoms with Crippen LogP contribution >= 0.6 is 11.6 Å². The van der Waals surface area contributed by atoms with Crippen LogP contribution in [0.5, 0.6) is 0 Å². The van der Waals surface area contributed by atoms with Gasteiger partial charge < -0.3 is 20.0 Å². The zero-order chi connectivity index (χ0) is 27.9. The van der Waals surface area contributed by atoms with Gasteiger partial charge in [-0.3, -0.25) is 19.5 Å². The summed E-state index contributed by atoms with van der Waals surface area (Å²) < 4.78 is 5.33. The average molecular weight is 550 g/mol. The maximum atomic E-state index is 12.7. The van der Waals surface area contributed by atoms with Crippen molar-refractivity contribution in [3.8, 4) is 0 Å². The quantitative estimate of drug-likeness (QED) is 0.257. The first-order chi connectivity index (χ1) is 18.7. The van der Waals surface area contributed by atoms with Gasteiger partial charge >= 0.3 is 5.63 Å². The van der Waals surface area contributed by atoms with Gasteiger partial charge in [0.1, 0.15) is 5.58 Å². The Bertz CT molecular complexity index is 1550. The number of nitrogens with zero attached hydrogens (tertiary/aromatic N) is 3. The molecule has 2 heterocycles. The molecule has 204 valence electrons. The molecule has 0 bridgehead atoms. The summed E-state index contributed by atoms with van der Waals surface area (Å²) in [7, 11) is 3.79. The predicted molar refractivity (Wildman–Crippen MR) is 156 cm³/mol. The van der Waals surface area contributed by atoms with E-state index in [9.17, 15) is 14.4 Å². The molecule has 0 saturated carbocycles. The molecule has 0 spiro atoms. The standard InChI is InChI=1S/C29H32ClN5O4/c1-4-35(12-11-32-25-9-10-31-26-15-20(30)5-7-24(25)26)18-28(37)33-17-22(36)13-19-14-29(38)39-27-16-21(34(2)3)6-8-23(19)27/h5-10,14-16H,4,11-13,17-18H2,1-3H3,(H,31,32)(H,33,37). The zero-order valence-electron chi connectivity index (χ0n) is 22.3. The van der Waals surface area contributed by atoms with Crippen LogP contribution in [0.2, 0.25) is 5.02 Å². The Morgan fingerprint density at radius 3 is 2.62 bits per heavy atom. The summed E-state index contributed by atoms with van der Waals surface area (Å²) in [6.45, 7) is 3.98. The van der Waals surface area contributed by atoms with E-state index < -0.39 is 5.63 Å². The summed E-state index contributed by atoms with van der Waals surface area (Å²) >= 11 is 6.07. The third kappa shape index (κ3) is 7.34. The molecule has 0 radical (unpaired) electrons. The van der Waals surface area contributed by atoms with Gasteiger partial charge in [0.15, 0.2) is 5.78 Å². The van der Waals surface area contributed by atoms with Gasteiger partial charge in [-0.15, -0.1) is 0 Å². The Morgan fingerprint density at radius 1 is 1.05 bits per heavy atom. The molecule has 1 amide bonds. The van der Waals surface area contributed by atoms with Gasteiger partial charge in [-0.05, 0) is 48.5 Å². The number of benzene rings is 2. The molecule has 4 aromatic rings. The van der Waals surface area contributed by atoms with Crippen LogP contribution in [0.15, 0.2) is 63.9 Å². The number of carbonyl (C=O) groups is 2. The average Bonchev–Trinajstić information content (AvgIpc) is 2.90. The summed E-state index contributed by atoms with van der Waals surface area (Å²) in [5.74, 6) is -0.427. The minimum Gasteiger partial charge on any atom is -0.423 e. The van der Waals surface area contributed by atoms with Crippen molar-refractivity contribution in [1.29, 1.82) is 0 Å². The molecule has 9 nitrogen and oxygen atoms in total. The molecule has 2 aromatic heterocycles. The molecule has 0 fully saturated rings. The van der Waals surface area contributed by atoms with Crippen LogP contribution in [0.1, 0.15) is 12.5 Å². The van der Waals surface area contributed by atoms with E-state index >= 15 is 0 Å². The van der Waals surface area contributed by atoms with Gasteiger partial charge in [0.25, 0.3) is 0 Å². The number of carbonyl (C=O) groups excluding carboxylic acids is 2. The topological polar surface area (TPSA) is 108 Å². The molecule has 0 atom stereocenters. The molecule has 2 N–H and O–H groups in total. The SMILES string of the molecule is CCN(CCNc1ccnc2cc(Cl)ccc12)CC(=O)NCC(=O)Cc1cc(=O)oc2cc(N(C)C)ccc12. The van der Waals surface area contributed by atoms with E-state index in [2.05, 4.69) is 15.6 Å². The molecular weight excluding hydrogens is 518 g/mol. The van der Waals surface area contributed by atoms with Crippen LogP contribution in [0.4, 0.5) is 11.4 Å². The second-order valence-corrected chi connectivity index (χ2v) is 9.91. The fourth-order valence-corrected chi connectivity index (χ4v) is 4.51. The van der Waals surface area contributed by atoms with Crippen molar-refractivity contribution >= 4 is 56.5 Å². The number of halogens is 1. The Balaban J connectivity index is 1.28. The Kier molecular flexibility index (Phi) is 9.16. The van der Waals surface area contributed by atoms with E-state index in [1.54, 1.807) is 12.3 Å². The van der Waals surface area contributed by atoms with Crippen molar-refractivity contribution in [3.05, 3.63) is 75.7 Å². The van der Waals surface area contributed by atoms with Crippen molar-refractivity contribution in [2.75, 3.05) is 57.0 Å². The third-order valence-electron chi connectivity index (χ3n) is 6.46. The molecule has 2 aromatic carbocycles. The van der Waals surface area contributed by atoms with E-state index in [-0.39, 0.29) is 31.2 Å². The summed E-state index contributed by atoms with van der Waals surface area (Å²) in [4.78, 5) is 45.5. The van der Waals surface area contributed by atoms with Crippen LogP contribution in [-0.4, -0.2) is 68.4 Å². The van der Waals surface area contributed by atoms with Crippen molar-refractivity contribution in [2.45, 2.75) is 13.3 Å². The highest BCUT2D eigenvalue weighted by Gasteiger charge is 2.14. The second kappa shape index (κ2) is 12.7. The molecule has 0 aliphatic rings. The van der Waals surface area contributed by atoms with E-state index in [0.717, 1.165) is 22.3 Å². The minimum atomic E-state index is -0.513. The number of pyridine rings is 1. The van der Waals surface area contributed by atoms with Crippen molar-refractivity contribution < 1.29 is 14.0 Å². The molecule has 39 heavy (non-hydrogen) atoms. The number of likely N-dealkylation sites (N-methyl/N-ethyl adjacent to an activating group) is 1. The number of hydrogen-bond donors (Lipinski definition) is 2. The Hall–Kier alpha value is -3.95. The summed E-state index contributed by atoms with van der Waals surface area (Å²) in [5.41, 5.74) is 3.14.